The summed E-state index contributed by atoms with van der Waals surface area (Å²) in [7, 11) is 1.52. The quantitative estimate of drug-likeness (QED) is 0.281. The average Bonchev–Trinajstić information content (AvgIpc) is 3.11. The number of rotatable bonds is 4. The number of hydrogen-bond donors (Lipinski definition) is 1. The first-order valence-electron chi connectivity index (χ1n) is 8.45. The lowest BCUT2D eigenvalue weighted by atomic mass is 10.2. The molecule has 0 aliphatic rings. The zero-order valence-electron chi connectivity index (χ0n) is 15.0. The lowest BCUT2D eigenvalue weighted by Crippen LogP contribution is -2.13. The number of carbonyl (C=O) groups excluding carboxylic acids is 1. The molecule has 146 valence electrons. The maximum atomic E-state index is 12.8. The van der Waals surface area contributed by atoms with Crippen molar-refractivity contribution in [1.82, 2.24) is 4.98 Å². The van der Waals surface area contributed by atoms with Crippen molar-refractivity contribution in [1.29, 1.82) is 0 Å². The van der Waals surface area contributed by atoms with E-state index in [2.05, 4.69) is 58.1 Å². The molecule has 0 fully saturated rings. The number of benzene rings is 3. The number of halogens is 3. The molecule has 0 aliphatic carbocycles. The monoisotopic (exact) mass is 578 g/mol. The van der Waals surface area contributed by atoms with Gasteiger partial charge >= 0.3 is 0 Å². The number of nitrogens with one attached hydrogen (secondary N) is 1. The van der Waals surface area contributed by atoms with Crippen LogP contribution in [0.25, 0.3) is 22.6 Å². The van der Waals surface area contributed by atoms with E-state index in [1.54, 1.807) is 24.3 Å². The van der Waals surface area contributed by atoms with Crippen molar-refractivity contribution in [2.45, 2.75) is 0 Å². The molecule has 29 heavy (non-hydrogen) atoms. The standard InChI is InChI=1S/C21H13Br3N2O3/c1-28-19-15(8-13(23)9-16(19)24)20(27)25-14-5-6-18-17(10-14)26-21(29-18)11-3-2-4-12(22)7-11/h2-10H,1H3,(H,25,27). The van der Waals surface area contributed by atoms with Crippen LogP contribution in [0.3, 0.4) is 0 Å². The highest BCUT2D eigenvalue weighted by molar-refractivity contribution is 9.11. The van der Waals surface area contributed by atoms with Gasteiger partial charge in [-0.2, -0.15) is 0 Å². The van der Waals surface area contributed by atoms with Crippen LogP contribution in [0.1, 0.15) is 10.4 Å². The maximum absolute atomic E-state index is 12.8. The molecule has 0 radical (unpaired) electrons. The van der Waals surface area contributed by atoms with Crippen molar-refractivity contribution in [3.8, 4) is 17.2 Å². The molecular formula is C21H13Br3N2O3. The molecule has 4 aromatic rings. The van der Waals surface area contributed by atoms with Gasteiger partial charge in [-0.25, -0.2) is 4.98 Å². The van der Waals surface area contributed by atoms with Crippen molar-refractivity contribution >= 4 is 70.5 Å². The number of aromatic nitrogens is 1. The Bertz CT molecular complexity index is 1240. The molecule has 0 aliphatic heterocycles. The zero-order chi connectivity index (χ0) is 20.5. The second-order valence-corrected chi connectivity index (χ2v) is 8.82. The Hall–Kier alpha value is -2.16. The predicted octanol–water partition coefficient (Wildman–Crippen LogP) is 7.04. The molecule has 0 bridgehead atoms. The van der Waals surface area contributed by atoms with E-state index in [-0.39, 0.29) is 5.91 Å². The third-order valence-corrected chi connectivity index (χ3v) is 5.71. The van der Waals surface area contributed by atoms with Crippen molar-refractivity contribution in [3.05, 3.63) is 73.6 Å². The molecular weight excluding hydrogens is 568 g/mol. The van der Waals surface area contributed by atoms with Crippen LogP contribution in [0.5, 0.6) is 5.75 Å². The summed E-state index contributed by atoms with van der Waals surface area (Å²) in [5.74, 6) is 0.687. The molecule has 1 heterocycles. The summed E-state index contributed by atoms with van der Waals surface area (Å²) in [6.45, 7) is 0. The summed E-state index contributed by atoms with van der Waals surface area (Å²) in [5, 5.41) is 2.89. The third-order valence-electron chi connectivity index (χ3n) is 4.17. The Morgan fingerprint density at radius 1 is 1.03 bits per heavy atom. The Kier molecular flexibility index (Phi) is 5.76. The third kappa shape index (κ3) is 4.24. The fourth-order valence-corrected chi connectivity index (χ4v) is 4.67. The first-order chi connectivity index (χ1) is 13.9. The Morgan fingerprint density at radius 2 is 1.86 bits per heavy atom. The van der Waals surface area contributed by atoms with E-state index in [1.807, 2.05) is 30.3 Å². The van der Waals surface area contributed by atoms with Gasteiger partial charge in [-0.05, 0) is 64.5 Å². The van der Waals surface area contributed by atoms with Gasteiger partial charge in [-0.3, -0.25) is 4.79 Å². The van der Waals surface area contributed by atoms with Crippen molar-refractivity contribution in [2.24, 2.45) is 0 Å². The fourth-order valence-electron chi connectivity index (χ4n) is 2.89. The largest absolute Gasteiger partial charge is 0.495 e. The van der Waals surface area contributed by atoms with Gasteiger partial charge in [0.15, 0.2) is 5.58 Å². The van der Waals surface area contributed by atoms with Gasteiger partial charge in [0.25, 0.3) is 5.91 Å². The predicted molar refractivity (Wildman–Crippen MR) is 123 cm³/mol. The summed E-state index contributed by atoms with van der Waals surface area (Å²) in [6, 6.07) is 16.6. The highest BCUT2D eigenvalue weighted by Gasteiger charge is 2.17. The van der Waals surface area contributed by atoms with E-state index >= 15 is 0 Å². The Balaban J connectivity index is 1.65. The summed E-state index contributed by atoms with van der Waals surface area (Å²) >= 11 is 10.3. The molecule has 1 amide bonds. The number of hydrogen-bond acceptors (Lipinski definition) is 4. The van der Waals surface area contributed by atoms with Crippen LogP contribution in [0.15, 0.2) is 72.4 Å². The van der Waals surface area contributed by atoms with Crippen LogP contribution in [0, 0.1) is 0 Å². The van der Waals surface area contributed by atoms with Crippen LogP contribution < -0.4 is 10.1 Å². The molecule has 0 unspecified atom stereocenters. The van der Waals surface area contributed by atoms with Gasteiger partial charge < -0.3 is 14.5 Å². The number of anilines is 1. The molecule has 8 heteroatoms. The first-order valence-corrected chi connectivity index (χ1v) is 10.8. The smallest absolute Gasteiger partial charge is 0.259 e. The molecule has 0 saturated carbocycles. The van der Waals surface area contributed by atoms with E-state index in [4.69, 9.17) is 9.15 Å². The molecule has 4 rings (SSSR count). The molecule has 0 saturated heterocycles. The number of fused-ring (bicyclic) bond motifs is 1. The molecule has 1 N–H and O–H groups in total. The molecule has 0 spiro atoms. The Labute approximate surface area is 191 Å². The van der Waals surface area contributed by atoms with Crippen LogP contribution in [0.4, 0.5) is 5.69 Å². The SMILES string of the molecule is COc1c(Br)cc(Br)cc1C(=O)Nc1ccc2oc(-c3cccc(Br)c3)nc2c1. The summed E-state index contributed by atoms with van der Waals surface area (Å²) in [6.07, 6.45) is 0. The Morgan fingerprint density at radius 3 is 2.62 bits per heavy atom. The van der Waals surface area contributed by atoms with E-state index in [1.165, 1.54) is 7.11 Å². The van der Waals surface area contributed by atoms with Crippen LogP contribution in [0.2, 0.25) is 0 Å². The minimum absolute atomic E-state index is 0.293. The van der Waals surface area contributed by atoms with Crippen molar-refractivity contribution < 1.29 is 13.9 Å². The number of nitrogens with zero attached hydrogens (tertiary/aromatic N) is 1. The summed E-state index contributed by atoms with van der Waals surface area (Å²) in [4.78, 5) is 17.4. The number of amides is 1. The van der Waals surface area contributed by atoms with E-state index in [0.29, 0.717) is 38.5 Å². The van der Waals surface area contributed by atoms with Crippen molar-refractivity contribution in [3.63, 3.8) is 0 Å². The van der Waals surface area contributed by atoms with Crippen LogP contribution in [-0.2, 0) is 0 Å². The highest BCUT2D eigenvalue weighted by atomic mass is 79.9. The first kappa shape index (κ1) is 20.1. The molecule has 5 nitrogen and oxygen atoms in total. The molecule has 1 aromatic heterocycles. The van der Waals surface area contributed by atoms with Gasteiger partial charge in [-0.1, -0.05) is 37.9 Å². The topological polar surface area (TPSA) is 64.4 Å². The number of carbonyl (C=O) groups is 1. The normalized spacial score (nSPS) is 10.9. The number of ether oxygens (including phenoxy) is 1. The van der Waals surface area contributed by atoms with Gasteiger partial charge in [0, 0.05) is 20.2 Å². The highest BCUT2D eigenvalue weighted by Crippen LogP contribution is 2.33. The summed E-state index contributed by atoms with van der Waals surface area (Å²) in [5.41, 5.74) is 3.17. The number of oxazole rings is 1. The van der Waals surface area contributed by atoms with Gasteiger partial charge in [-0.15, -0.1) is 0 Å². The lowest BCUT2D eigenvalue weighted by molar-refractivity contribution is 0.102. The second-order valence-electron chi connectivity index (χ2n) is 6.13. The molecule has 3 aromatic carbocycles. The average molecular weight is 581 g/mol. The number of methoxy groups -OCH3 is 1. The van der Waals surface area contributed by atoms with E-state index in [0.717, 1.165) is 14.5 Å². The minimum Gasteiger partial charge on any atom is -0.495 e. The van der Waals surface area contributed by atoms with Crippen molar-refractivity contribution in [2.75, 3.05) is 12.4 Å². The molecule has 0 atom stereocenters. The van der Waals surface area contributed by atoms with E-state index in [9.17, 15) is 4.79 Å². The zero-order valence-corrected chi connectivity index (χ0v) is 19.8. The fraction of sp³-hybridized carbons (Fsp3) is 0.0476. The van der Waals surface area contributed by atoms with Gasteiger partial charge in [0.2, 0.25) is 5.89 Å². The van der Waals surface area contributed by atoms with E-state index < -0.39 is 0 Å². The van der Waals surface area contributed by atoms with Crippen LogP contribution >= 0.6 is 47.8 Å². The van der Waals surface area contributed by atoms with Crippen LogP contribution in [-0.4, -0.2) is 18.0 Å². The van der Waals surface area contributed by atoms with Gasteiger partial charge in [0.1, 0.15) is 11.3 Å². The minimum atomic E-state index is -0.293. The summed E-state index contributed by atoms with van der Waals surface area (Å²) < 4.78 is 13.6. The maximum Gasteiger partial charge on any atom is 0.259 e. The van der Waals surface area contributed by atoms with Gasteiger partial charge in [0.05, 0.1) is 17.1 Å². The second kappa shape index (κ2) is 8.30. The lowest BCUT2D eigenvalue weighted by Gasteiger charge is -2.11.